The molecule has 0 unspecified atom stereocenters. The molecule has 0 saturated heterocycles. The van der Waals surface area contributed by atoms with Gasteiger partial charge in [-0.05, 0) is 40.8 Å². The molecule has 0 aliphatic heterocycles. The summed E-state index contributed by atoms with van der Waals surface area (Å²) >= 11 is 0. The van der Waals surface area contributed by atoms with Crippen LogP contribution in [0.4, 0.5) is 5.69 Å². The maximum Gasteiger partial charge on any atom is 0.323 e. The van der Waals surface area contributed by atoms with E-state index >= 15 is 0 Å². The first kappa shape index (κ1) is 17.7. The van der Waals surface area contributed by atoms with Crippen LogP contribution in [0.25, 0.3) is 11.1 Å². The normalized spacial score (nSPS) is 11.7. The third-order valence-electron chi connectivity index (χ3n) is 4.18. The molecule has 0 bridgehead atoms. The first-order valence-corrected chi connectivity index (χ1v) is 8.53. The van der Waals surface area contributed by atoms with Gasteiger partial charge in [-0.15, -0.1) is 0 Å². The van der Waals surface area contributed by atoms with Gasteiger partial charge < -0.3 is 16.2 Å². The lowest BCUT2D eigenvalue weighted by Crippen LogP contribution is -2.34. The molecule has 0 aliphatic rings. The highest BCUT2D eigenvalue weighted by Crippen LogP contribution is 2.21. The van der Waals surface area contributed by atoms with Crippen molar-refractivity contribution in [2.75, 3.05) is 5.73 Å². The summed E-state index contributed by atoms with van der Waals surface area (Å²) in [6.07, 6.45) is 0.440. The molecule has 3 aromatic carbocycles. The van der Waals surface area contributed by atoms with E-state index in [1.807, 2.05) is 78.9 Å². The van der Waals surface area contributed by atoms with Gasteiger partial charge in [-0.25, -0.2) is 0 Å². The van der Waals surface area contributed by atoms with E-state index < -0.39 is 12.0 Å². The molecule has 0 amide bonds. The monoisotopic (exact) mass is 346 g/mol. The fourth-order valence-electron chi connectivity index (χ4n) is 2.68. The number of ether oxygens (including phenoxy) is 1. The summed E-state index contributed by atoms with van der Waals surface area (Å²) in [6.45, 7) is 0.240. The van der Waals surface area contributed by atoms with Gasteiger partial charge in [0.15, 0.2) is 0 Å². The smallest absolute Gasteiger partial charge is 0.323 e. The molecule has 0 fully saturated rings. The Hall–Kier alpha value is -3.11. The third-order valence-corrected chi connectivity index (χ3v) is 4.18. The molecule has 0 radical (unpaired) electrons. The van der Waals surface area contributed by atoms with Gasteiger partial charge in [0.1, 0.15) is 12.6 Å². The SMILES string of the molecule is Nc1ccc(-c2ccc(C[C@H](N)C(=O)OCc3ccccc3)cc2)cc1. The van der Waals surface area contributed by atoms with E-state index in [1.54, 1.807) is 0 Å². The van der Waals surface area contributed by atoms with E-state index in [0.29, 0.717) is 6.42 Å². The molecule has 0 spiro atoms. The Kier molecular flexibility index (Phi) is 5.66. The highest BCUT2D eigenvalue weighted by Gasteiger charge is 2.16. The predicted molar refractivity (Wildman–Crippen MR) is 104 cm³/mol. The maximum atomic E-state index is 12.1. The van der Waals surface area contributed by atoms with Crippen molar-refractivity contribution in [3.8, 4) is 11.1 Å². The van der Waals surface area contributed by atoms with Crippen LogP contribution in [0.15, 0.2) is 78.9 Å². The van der Waals surface area contributed by atoms with E-state index in [1.165, 1.54) is 0 Å². The van der Waals surface area contributed by atoms with Gasteiger partial charge in [-0.2, -0.15) is 0 Å². The second-order valence-corrected chi connectivity index (χ2v) is 6.22. The Balaban J connectivity index is 1.56. The molecule has 4 nitrogen and oxygen atoms in total. The number of anilines is 1. The topological polar surface area (TPSA) is 78.3 Å². The molecule has 0 aromatic heterocycles. The fraction of sp³-hybridized carbons (Fsp3) is 0.136. The van der Waals surface area contributed by atoms with Gasteiger partial charge >= 0.3 is 5.97 Å². The minimum Gasteiger partial charge on any atom is -0.460 e. The number of rotatable bonds is 6. The van der Waals surface area contributed by atoms with E-state index in [-0.39, 0.29) is 6.61 Å². The number of esters is 1. The summed E-state index contributed by atoms with van der Waals surface area (Å²) in [5.41, 5.74) is 16.6. The summed E-state index contributed by atoms with van der Waals surface area (Å²) in [4.78, 5) is 12.1. The predicted octanol–water partition coefficient (Wildman–Crippen LogP) is 3.55. The van der Waals surface area contributed by atoms with Crippen molar-refractivity contribution in [2.24, 2.45) is 5.73 Å². The largest absolute Gasteiger partial charge is 0.460 e. The Morgan fingerprint density at radius 3 is 2.00 bits per heavy atom. The van der Waals surface area contributed by atoms with Crippen LogP contribution in [0.3, 0.4) is 0 Å². The van der Waals surface area contributed by atoms with Crippen molar-refractivity contribution < 1.29 is 9.53 Å². The standard InChI is InChI=1S/C22H22N2O2/c23-20-12-10-19(11-13-20)18-8-6-16(7-9-18)14-21(24)22(25)26-15-17-4-2-1-3-5-17/h1-13,21H,14-15,23-24H2/t21-/m0/s1. The summed E-state index contributed by atoms with van der Waals surface area (Å²) < 4.78 is 5.29. The van der Waals surface area contributed by atoms with Crippen molar-refractivity contribution >= 4 is 11.7 Å². The zero-order chi connectivity index (χ0) is 18.4. The highest BCUT2D eigenvalue weighted by atomic mass is 16.5. The van der Waals surface area contributed by atoms with Gasteiger partial charge in [-0.1, -0.05) is 66.7 Å². The Labute approximate surface area is 153 Å². The quantitative estimate of drug-likeness (QED) is 0.528. The second kappa shape index (κ2) is 8.32. The van der Waals surface area contributed by atoms with Crippen LogP contribution < -0.4 is 11.5 Å². The minimum atomic E-state index is -0.680. The fourth-order valence-corrected chi connectivity index (χ4v) is 2.68. The van der Waals surface area contributed by atoms with Crippen LogP contribution in [0.1, 0.15) is 11.1 Å². The summed E-state index contributed by atoms with van der Waals surface area (Å²) in [7, 11) is 0. The van der Waals surface area contributed by atoms with Gasteiger partial charge in [0, 0.05) is 5.69 Å². The summed E-state index contributed by atoms with van der Waals surface area (Å²) in [6, 6.07) is 24.6. The average Bonchev–Trinajstić information content (AvgIpc) is 2.68. The van der Waals surface area contributed by atoms with Crippen LogP contribution in [0.2, 0.25) is 0 Å². The summed E-state index contributed by atoms with van der Waals surface area (Å²) in [5, 5.41) is 0. The second-order valence-electron chi connectivity index (χ2n) is 6.22. The summed E-state index contributed by atoms with van der Waals surface area (Å²) in [5.74, 6) is -0.392. The lowest BCUT2D eigenvalue weighted by atomic mass is 10.0. The Bertz CT molecular complexity index is 844. The first-order valence-electron chi connectivity index (χ1n) is 8.53. The number of nitrogen functional groups attached to an aromatic ring is 1. The van der Waals surface area contributed by atoms with Crippen LogP contribution in [-0.2, 0) is 22.6 Å². The van der Waals surface area contributed by atoms with E-state index in [2.05, 4.69) is 0 Å². The Morgan fingerprint density at radius 1 is 0.808 bits per heavy atom. The van der Waals surface area contributed by atoms with Crippen molar-refractivity contribution in [2.45, 2.75) is 19.1 Å². The number of carbonyl (C=O) groups excluding carboxylic acids is 1. The zero-order valence-corrected chi connectivity index (χ0v) is 14.5. The molecule has 3 rings (SSSR count). The average molecular weight is 346 g/mol. The van der Waals surface area contributed by atoms with Crippen molar-refractivity contribution in [3.05, 3.63) is 90.0 Å². The van der Waals surface area contributed by atoms with Crippen LogP contribution in [-0.4, -0.2) is 12.0 Å². The third kappa shape index (κ3) is 4.71. The molecule has 3 aromatic rings. The molecular formula is C22H22N2O2. The number of benzene rings is 3. The zero-order valence-electron chi connectivity index (χ0n) is 14.5. The number of nitrogens with two attached hydrogens (primary N) is 2. The lowest BCUT2D eigenvalue weighted by molar-refractivity contribution is -0.146. The van der Waals surface area contributed by atoms with Gasteiger partial charge in [0.05, 0.1) is 0 Å². The Morgan fingerprint density at radius 2 is 1.38 bits per heavy atom. The molecule has 1 atom stereocenters. The van der Waals surface area contributed by atoms with Gasteiger partial charge in [0.2, 0.25) is 0 Å². The lowest BCUT2D eigenvalue weighted by Gasteiger charge is -2.12. The van der Waals surface area contributed by atoms with Crippen molar-refractivity contribution in [1.29, 1.82) is 0 Å². The molecular weight excluding hydrogens is 324 g/mol. The van der Waals surface area contributed by atoms with E-state index in [4.69, 9.17) is 16.2 Å². The number of carbonyl (C=O) groups is 1. The van der Waals surface area contributed by atoms with Crippen LogP contribution in [0, 0.1) is 0 Å². The van der Waals surface area contributed by atoms with E-state index in [0.717, 1.165) is 27.9 Å². The molecule has 4 N–H and O–H groups in total. The molecule has 4 heteroatoms. The van der Waals surface area contributed by atoms with Gasteiger partial charge in [0.25, 0.3) is 0 Å². The molecule has 26 heavy (non-hydrogen) atoms. The van der Waals surface area contributed by atoms with Gasteiger partial charge in [-0.3, -0.25) is 4.79 Å². The molecule has 0 aliphatic carbocycles. The molecule has 0 saturated carbocycles. The number of hydrogen-bond donors (Lipinski definition) is 2. The minimum absolute atomic E-state index is 0.240. The number of hydrogen-bond acceptors (Lipinski definition) is 4. The maximum absolute atomic E-state index is 12.1. The van der Waals surface area contributed by atoms with E-state index in [9.17, 15) is 4.79 Å². The molecule has 0 heterocycles. The highest BCUT2D eigenvalue weighted by molar-refractivity contribution is 5.76. The van der Waals surface area contributed by atoms with Crippen molar-refractivity contribution in [3.63, 3.8) is 0 Å². The van der Waals surface area contributed by atoms with Crippen LogP contribution >= 0.6 is 0 Å². The van der Waals surface area contributed by atoms with Crippen molar-refractivity contribution in [1.82, 2.24) is 0 Å². The molecule has 132 valence electrons. The first-order chi connectivity index (χ1) is 12.6. The van der Waals surface area contributed by atoms with Crippen LogP contribution in [0.5, 0.6) is 0 Å².